The fourth-order valence-corrected chi connectivity index (χ4v) is 2.92. The van der Waals surface area contributed by atoms with Crippen LogP contribution in [-0.4, -0.2) is 17.3 Å². The van der Waals surface area contributed by atoms with E-state index >= 15 is 0 Å². The smallest absolute Gasteiger partial charge is 0.169 e. The van der Waals surface area contributed by atoms with Crippen LogP contribution in [0.3, 0.4) is 0 Å². The third-order valence-electron chi connectivity index (χ3n) is 4.29. The van der Waals surface area contributed by atoms with E-state index < -0.39 is 11.4 Å². The van der Waals surface area contributed by atoms with Crippen molar-refractivity contribution >= 4 is 0 Å². The molecule has 0 radical (unpaired) electrons. The third-order valence-corrected chi connectivity index (χ3v) is 4.29. The van der Waals surface area contributed by atoms with Gasteiger partial charge < -0.3 is 14.6 Å². The lowest BCUT2D eigenvalue weighted by Gasteiger charge is -2.17. The highest BCUT2D eigenvalue weighted by Gasteiger charge is 2.21. The minimum absolute atomic E-state index is 0.0792. The Hall–Kier alpha value is -2.14. The molecule has 1 N–H and O–H groups in total. The average molecular weight is 348 g/mol. The van der Waals surface area contributed by atoms with Crippen molar-refractivity contribution in [1.82, 2.24) is 0 Å². The van der Waals surface area contributed by atoms with E-state index in [0.29, 0.717) is 29.9 Å². The van der Waals surface area contributed by atoms with Gasteiger partial charge in [-0.1, -0.05) is 0 Å². The number of ether oxygens (including phenoxy) is 2. The van der Waals surface area contributed by atoms with E-state index in [9.17, 15) is 13.9 Å². The number of hydrogen-bond donors (Lipinski definition) is 1. The second-order valence-corrected chi connectivity index (χ2v) is 6.96. The van der Waals surface area contributed by atoms with Gasteiger partial charge in [0, 0.05) is 18.1 Å². The molecular weight excluding hydrogens is 326 g/mol. The Bertz CT molecular complexity index is 766. The first kappa shape index (κ1) is 17.7. The average Bonchev–Trinajstić information content (AvgIpc) is 3.02. The molecule has 3 nitrogen and oxygen atoms in total. The summed E-state index contributed by atoms with van der Waals surface area (Å²) in [6.07, 6.45) is 2.74. The molecule has 5 heteroatoms. The first-order valence-corrected chi connectivity index (χ1v) is 8.46. The number of halogens is 2. The minimum Gasteiger partial charge on any atom is -0.493 e. The molecule has 1 aliphatic carbocycles. The van der Waals surface area contributed by atoms with Crippen molar-refractivity contribution in [3.05, 3.63) is 53.1 Å². The first-order chi connectivity index (χ1) is 11.8. The molecule has 0 aromatic heterocycles. The summed E-state index contributed by atoms with van der Waals surface area (Å²) in [6.45, 7) is 3.67. The van der Waals surface area contributed by atoms with E-state index in [1.807, 2.05) is 0 Å². The van der Waals surface area contributed by atoms with Crippen molar-refractivity contribution in [3.63, 3.8) is 0 Å². The third kappa shape index (κ3) is 4.28. The molecule has 2 aromatic carbocycles. The molecule has 0 saturated carbocycles. The Morgan fingerprint density at radius 1 is 1.00 bits per heavy atom. The molecule has 0 spiro atoms. The molecule has 0 unspecified atom stereocenters. The second kappa shape index (κ2) is 7.00. The SMILES string of the molecule is CC(C)(O)CCOc1ccc(Oc2ccc(F)c3c2CCC3)c(F)c1. The summed E-state index contributed by atoms with van der Waals surface area (Å²) in [4.78, 5) is 0. The fourth-order valence-electron chi connectivity index (χ4n) is 2.92. The highest BCUT2D eigenvalue weighted by Crippen LogP contribution is 2.36. The minimum atomic E-state index is -0.829. The predicted molar refractivity (Wildman–Crippen MR) is 91.3 cm³/mol. The van der Waals surface area contributed by atoms with Crippen LogP contribution in [-0.2, 0) is 12.8 Å². The van der Waals surface area contributed by atoms with Crippen LogP contribution >= 0.6 is 0 Å². The quantitative estimate of drug-likeness (QED) is 0.816. The van der Waals surface area contributed by atoms with Gasteiger partial charge in [0.1, 0.15) is 17.3 Å². The van der Waals surface area contributed by atoms with Crippen LogP contribution in [0.2, 0.25) is 0 Å². The highest BCUT2D eigenvalue weighted by atomic mass is 19.1. The number of hydrogen-bond acceptors (Lipinski definition) is 3. The van der Waals surface area contributed by atoms with Gasteiger partial charge in [0.2, 0.25) is 0 Å². The van der Waals surface area contributed by atoms with Crippen molar-refractivity contribution in [2.24, 2.45) is 0 Å². The molecule has 134 valence electrons. The Morgan fingerprint density at radius 2 is 1.72 bits per heavy atom. The van der Waals surface area contributed by atoms with Gasteiger partial charge in [0.15, 0.2) is 11.6 Å². The summed E-state index contributed by atoms with van der Waals surface area (Å²) in [5, 5.41) is 9.65. The summed E-state index contributed by atoms with van der Waals surface area (Å²) in [5.41, 5.74) is 0.666. The van der Waals surface area contributed by atoms with Gasteiger partial charge >= 0.3 is 0 Å². The summed E-state index contributed by atoms with van der Waals surface area (Å²) in [6, 6.07) is 7.29. The zero-order valence-electron chi connectivity index (χ0n) is 14.4. The Kier molecular flexibility index (Phi) is 4.95. The van der Waals surface area contributed by atoms with E-state index in [0.717, 1.165) is 18.4 Å². The van der Waals surface area contributed by atoms with E-state index in [2.05, 4.69) is 0 Å². The molecule has 25 heavy (non-hydrogen) atoms. The molecule has 0 aliphatic heterocycles. The van der Waals surface area contributed by atoms with Crippen LogP contribution in [0.25, 0.3) is 0 Å². The lowest BCUT2D eigenvalue weighted by molar-refractivity contribution is 0.0553. The molecule has 1 aliphatic rings. The lowest BCUT2D eigenvalue weighted by Crippen LogP contribution is -2.21. The van der Waals surface area contributed by atoms with Gasteiger partial charge in [0.05, 0.1) is 12.2 Å². The van der Waals surface area contributed by atoms with Crippen LogP contribution in [0.4, 0.5) is 8.78 Å². The maximum atomic E-state index is 14.3. The van der Waals surface area contributed by atoms with Crippen LogP contribution in [0.1, 0.15) is 37.8 Å². The summed E-state index contributed by atoms with van der Waals surface area (Å²) in [5.74, 6) is 0.185. The van der Waals surface area contributed by atoms with Gasteiger partial charge in [-0.3, -0.25) is 0 Å². The highest BCUT2D eigenvalue weighted by molar-refractivity contribution is 5.46. The summed E-state index contributed by atoms with van der Waals surface area (Å²) >= 11 is 0. The van der Waals surface area contributed by atoms with Crippen molar-refractivity contribution in [2.75, 3.05) is 6.61 Å². The number of rotatable bonds is 6. The Labute approximate surface area is 146 Å². The van der Waals surface area contributed by atoms with Crippen molar-refractivity contribution in [3.8, 4) is 17.2 Å². The largest absolute Gasteiger partial charge is 0.493 e. The topological polar surface area (TPSA) is 38.7 Å². The van der Waals surface area contributed by atoms with Crippen molar-refractivity contribution in [1.29, 1.82) is 0 Å². The lowest BCUT2D eigenvalue weighted by atomic mass is 10.1. The number of benzene rings is 2. The molecule has 3 rings (SSSR count). The predicted octanol–water partition coefficient (Wildman–Crippen LogP) is 4.79. The molecule has 0 saturated heterocycles. The van der Waals surface area contributed by atoms with E-state index in [1.54, 1.807) is 26.0 Å². The van der Waals surface area contributed by atoms with Crippen LogP contribution in [0.15, 0.2) is 30.3 Å². The molecular formula is C20H22F2O3. The van der Waals surface area contributed by atoms with Crippen LogP contribution in [0, 0.1) is 11.6 Å². The van der Waals surface area contributed by atoms with Gasteiger partial charge in [0.25, 0.3) is 0 Å². The Morgan fingerprint density at radius 3 is 2.44 bits per heavy atom. The van der Waals surface area contributed by atoms with Gasteiger partial charge in [-0.2, -0.15) is 0 Å². The standard InChI is InChI=1S/C20H22F2O3/c1-20(2,23)10-11-24-13-6-8-19(17(22)12-13)25-18-9-7-16(21)14-4-3-5-15(14)18/h6-9,12,23H,3-5,10-11H2,1-2H3. The maximum absolute atomic E-state index is 14.3. The summed E-state index contributed by atoms with van der Waals surface area (Å²) in [7, 11) is 0. The number of fused-ring (bicyclic) bond motifs is 1. The molecule has 2 aromatic rings. The molecule has 0 heterocycles. The van der Waals surface area contributed by atoms with Crippen LogP contribution < -0.4 is 9.47 Å². The number of aliphatic hydroxyl groups is 1. The molecule has 0 bridgehead atoms. The zero-order chi connectivity index (χ0) is 18.0. The van der Waals surface area contributed by atoms with Gasteiger partial charge in [-0.15, -0.1) is 0 Å². The van der Waals surface area contributed by atoms with Crippen LogP contribution in [0.5, 0.6) is 17.2 Å². The zero-order valence-corrected chi connectivity index (χ0v) is 14.4. The van der Waals surface area contributed by atoms with Crippen molar-refractivity contribution < 1.29 is 23.4 Å². The molecule has 0 fully saturated rings. The van der Waals surface area contributed by atoms with E-state index in [1.165, 1.54) is 18.2 Å². The fraction of sp³-hybridized carbons (Fsp3) is 0.400. The maximum Gasteiger partial charge on any atom is 0.169 e. The van der Waals surface area contributed by atoms with E-state index in [-0.39, 0.29) is 18.2 Å². The molecule has 0 amide bonds. The van der Waals surface area contributed by atoms with Gasteiger partial charge in [-0.05, 0) is 62.9 Å². The van der Waals surface area contributed by atoms with Crippen molar-refractivity contribution in [2.45, 2.75) is 45.1 Å². The molecule has 0 atom stereocenters. The summed E-state index contributed by atoms with van der Waals surface area (Å²) < 4.78 is 39.2. The van der Waals surface area contributed by atoms with E-state index in [4.69, 9.17) is 9.47 Å². The second-order valence-electron chi connectivity index (χ2n) is 6.96. The first-order valence-electron chi connectivity index (χ1n) is 8.46. The van der Waals surface area contributed by atoms with Gasteiger partial charge in [-0.25, -0.2) is 8.78 Å². The monoisotopic (exact) mass is 348 g/mol. The normalized spacial score (nSPS) is 13.6. The Balaban J connectivity index is 1.71.